The molecule has 0 saturated carbocycles. The SMILES string of the molecule is O=C(NCCn1ccnc1-c1ncccn1)c1cccc(F)c1. The van der Waals surface area contributed by atoms with Gasteiger partial charge in [-0.1, -0.05) is 6.07 Å². The molecule has 3 rings (SSSR count). The fraction of sp³-hybridized carbons (Fsp3) is 0.125. The van der Waals surface area contributed by atoms with E-state index in [0.717, 1.165) is 0 Å². The first-order chi connectivity index (χ1) is 11.2. The van der Waals surface area contributed by atoms with Crippen molar-refractivity contribution in [3.8, 4) is 11.6 Å². The first-order valence-corrected chi connectivity index (χ1v) is 7.06. The molecule has 0 aliphatic rings. The highest BCUT2D eigenvalue weighted by molar-refractivity contribution is 5.94. The molecule has 2 aromatic heterocycles. The zero-order valence-electron chi connectivity index (χ0n) is 12.2. The predicted octanol–water partition coefficient (Wildman–Crippen LogP) is 1.91. The Morgan fingerprint density at radius 2 is 1.96 bits per heavy atom. The fourth-order valence-corrected chi connectivity index (χ4v) is 2.13. The zero-order chi connectivity index (χ0) is 16.1. The van der Waals surface area contributed by atoms with E-state index in [1.165, 1.54) is 18.2 Å². The lowest BCUT2D eigenvalue weighted by molar-refractivity contribution is 0.0952. The van der Waals surface area contributed by atoms with Gasteiger partial charge >= 0.3 is 0 Å². The Labute approximate surface area is 132 Å². The molecule has 6 nitrogen and oxygen atoms in total. The van der Waals surface area contributed by atoms with Gasteiger partial charge in [-0.05, 0) is 24.3 Å². The van der Waals surface area contributed by atoms with Gasteiger partial charge in [0.2, 0.25) is 0 Å². The number of hydrogen-bond donors (Lipinski definition) is 1. The standard InChI is InChI=1S/C16H14FN5O/c17-13-4-1-3-12(11-13)16(23)21-8-10-22-9-7-20-15(22)14-18-5-2-6-19-14/h1-7,9,11H,8,10H2,(H,21,23). The number of carbonyl (C=O) groups is 1. The van der Waals surface area contributed by atoms with Crippen LogP contribution in [-0.4, -0.2) is 32.0 Å². The Kier molecular flexibility index (Phi) is 4.37. The van der Waals surface area contributed by atoms with Crippen molar-refractivity contribution < 1.29 is 9.18 Å². The van der Waals surface area contributed by atoms with E-state index in [2.05, 4.69) is 20.3 Å². The monoisotopic (exact) mass is 311 g/mol. The van der Waals surface area contributed by atoms with Gasteiger partial charge in [0.1, 0.15) is 5.82 Å². The molecule has 23 heavy (non-hydrogen) atoms. The van der Waals surface area contributed by atoms with Crippen LogP contribution in [0.15, 0.2) is 55.1 Å². The van der Waals surface area contributed by atoms with E-state index in [-0.39, 0.29) is 5.91 Å². The van der Waals surface area contributed by atoms with Crippen LogP contribution in [0.3, 0.4) is 0 Å². The summed E-state index contributed by atoms with van der Waals surface area (Å²) in [4.78, 5) is 24.5. The van der Waals surface area contributed by atoms with E-state index >= 15 is 0 Å². The Morgan fingerprint density at radius 1 is 1.13 bits per heavy atom. The number of carbonyl (C=O) groups excluding carboxylic acids is 1. The summed E-state index contributed by atoms with van der Waals surface area (Å²) in [6.45, 7) is 0.889. The highest BCUT2D eigenvalue weighted by Crippen LogP contribution is 2.10. The van der Waals surface area contributed by atoms with E-state index in [1.807, 2.05) is 4.57 Å². The average molecular weight is 311 g/mol. The first kappa shape index (κ1) is 14.8. The second kappa shape index (κ2) is 6.78. The first-order valence-electron chi connectivity index (χ1n) is 7.06. The maximum absolute atomic E-state index is 13.1. The van der Waals surface area contributed by atoms with Crippen LogP contribution in [0.2, 0.25) is 0 Å². The third kappa shape index (κ3) is 3.57. The summed E-state index contributed by atoms with van der Waals surface area (Å²) in [7, 11) is 0. The Bertz CT molecular complexity index is 803. The molecule has 0 aliphatic heterocycles. The number of imidazole rings is 1. The molecule has 0 fully saturated rings. The molecule has 0 atom stereocenters. The maximum atomic E-state index is 13.1. The van der Waals surface area contributed by atoms with E-state index in [1.54, 1.807) is 36.9 Å². The second-order valence-electron chi connectivity index (χ2n) is 4.78. The number of aromatic nitrogens is 4. The van der Waals surface area contributed by atoms with E-state index < -0.39 is 5.82 Å². The van der Waals surface area contributed by atoms with Crippen LogP contribution in [0.5, 0.6) is 0 Å². The molecule has 0 aliphatic carbocycles. The number of halogens is 1. The second-order valence-corrected chi connectivity index (χ2v) is 4.78. The number of amides is 1. The molecule has 0 bridgehead atoms. The summed E-state index contributed by atoms with van der Waals surface area (Å²) in [5, 5.41) is 2.75. The van der Waals surface area contributed by atoms with Gasteiger partial charge in [0.15, 0.2) is 11.6 Å². The largest absolute Gasteiger partial charge is 0.350 e. The molecule has 7 heteroatoms. The van der Waals surface area contributed by atoms with E-state index in [4.69, 9.17) is 0 Å². The third-order valence-electron chi connectivity index (χ3n) is 3.21. The third-order valence-corrected chi connectivity index (χ3v) is 3.21. The van der Waals surface area contributed by atoms with E-state index in [0.29, 0.717) is 30.3 Å². The Balaban J connectivity index is 1.62. The highest BCUT2D eigenvalue weighted by Gasteiger charge is 2.09. The van der Waals surface area contributed by atoms with Crippen LogP contribution in [0.1, 0.15) is 10.4 Å². The lowest BCUT2D eigenvalue weighted by Gasteiger charge is -2.08. The Hall–Kier alpha value is -3.09. The number of benzene rings is 1. The Morgan fingerprint density at radius 3 is 2.74 bits per heavy atom. The molecule has 2 heterocycles. The molecule has 1 aromatic carbocycles. The van der Waals surface area contributed by atoms with Gasteiger partial charge in [-0.15, -0.1) is 0 Å². The normalized spacial score (nSPS) is 10.5. The zero-order valence-corrected chi connectivity index (χ0v) is 12.2. The summed E-state index contributed by atoms with van der Waals surface area (Å²) in [5.41, 5.74) is 0.294. The number of rotatable bonds is 5. The number of nitrogens with zero attached hydrogens (tertiary/aromatic N) is 4. The van der Waals surface area contributed by atoms with Crippen LogP contribution < -0.4 is 5.32 Å². The van der Waals surface area contributed by atoms with Crippen LogP contribution in [0, 0.1) is 5.82 Å². The van der Waals surface area contributed by atoms with Crippen molar-refractivity contribution >= 4 is 5.91 Å². The van der Waals surface area contributed by atoms with Crippen molar-refractivity contribution in [2.45, 2.75) is 6.54 Å². The van der Waals surface area contributed by atoms with Crippen LogP contribution in [0.25, 0.3) is 11.6 Å². The summed E-state index contributed by atoms with van der Waals surface area (Å²) in [5.74, 6) is 0.400. The minimum absolute atomic E-state index is 0.294. The molecule has 1 amide bonds. The molecule has 0 unspecified atom stereocenters. The topological polar surface area (TPSA) is 72.7 Å². The summed E-state index contributed by atoms with van der Waals surface area (Å²) in [6, 6.07) is 7.31. The fourth-order valence-electron chi connectivity index (χ4n) is 2.13. The molecule has 3 aromatic rings. The molecular weight excluding hydrogens is 297 g/mol. The summed E-state index contributed by atoms with van der Waals surface area (Å²) in [6.07, 6.45) is 6.74. The van der Waals surface area contributed by atoms with Crippen LogP contribution in [0.4, 0.5) is 4.39 Å². The minimum Gasteiger partial charge on any atom is -0.350 e. The van der Waals surface area contributed by atoms with Crippen molar-refractivity contribution in [3.05, 3.63) is 66.5 Å². The molecule has 0 spiro atoms. The summed E-state index contributed by atoms with van der Waals surface area (Å²) >= 11 is 0. The van der Waals surface area contributed by atoms with Crippen LogP contribution in [-0.2, 0) is 6.54 Å². The molecule has 116 valence electrons. The molecule has 0 radical (unpaired) electrons. The smallest absolute Gasteiger partial charge is 0.251 e. The molecule has 1 N–H and O–H groups in total. The van der Waals surface area contributed by atoms with Crippen LogP contribution >= 0.6 is 0 Å². The van der Waals surface area contributed by atoms with Crippen molar-refractivity contribution in [3.63, 3.8) is 0 Å². The maximum Gasteiger partial charge on any atom is 0.251 e. The van der Waals surface area contributed by atoms with Gasteiger partial charge in [-0.3, -0.25) is 4.79 Å². The quantitative estimate of drug-likeness (QED) is 0.781. The highest BCUT2D eigenvalue weighted by atomic mass is 19.1. The van der Waals surface area contributed by atoms with Gasteiger partial charge in [-0.2, -0.15) is 0 Å². The summed E-state index contributed by atoms with van der Waals surface area (Å²) < 4.78 is 15.0. The lowest BCUT2D eigenvalue weighted by atomic mass is 10.2. The molecule has 0 saturated heterocycles. The van der Waals surface area contributed by atoms with Gasteiger partial charge in [0.25, 0.3) is 5.91 Å². The van der Waals surface area contributed by atoms with Crippen molar-refractivity contribution in [2.75, 3.05) is 6.54 Å². The van der Waals surface area contributed by atoms with Crippen molar-refractivity contribution in [1.82, 2.24) is 24.8 Å². The lowest BCUT2D eigenvalue weighted by Crippen LogP contribution is -2.27. The van der Waals surface area contributed by atoms with Gasteiger partial charge in [0, 0.05) is 43.4 Å². The number of hydrogen-bond acceptors (Lipinski definition) is 4. The van der Waals surface area contributed by atoms with Gasteiger partial charge < -0.3 is 9.88 Å². The average Bonchev–Trinajstić information content (AvgIpc) is 3.04. The van der Waals surface area contributed by atoms with Gasteiger partial charge in [-0.25, -0.2) is 19.3 Å². The minimum atomic E-state index is -0.434. The van der Waals surface area contributed by atoms with Crippen molar-refractivity contribution in [2.24, 2.45) is 0 Å². The predicted molar refractivity (Wildman–Crippen MR) is 82.0 cm³/mol. The van der Waals surface area contributed by atoms with Gasteiger partial charge in [0.05, 0.1) is 0 Å². The van der Waals surface area contributed by atoms with Crippen molar-refractivity contribution in [1.29, 1.82) is 0 Å². The molecular formula is C16H14FN5O. The number of nitrogens with one attached hydrogen (secondary N) is 1. The van der Waals surface area contributed by atoms with E-state index in [9.17, 15) is 9.18 Å².